The van der Waals surface area contributed by atoms with Crippen molar-refractivity contribution in [2.75, 3.05) is 6.54 Å². The van der Waals surface area contributed by atoms with Gasteiger partial charge in [-0.15, -0.1) is 0 Å². The Morgan fingerprint density at radius 2 is 1.46 bits per heavy atom. The molecule has 0 heterocycles. The van der Waals surface area contributed by atoms with Gasteiger partial charge in [0.15, 0.2) is 0 Å². The van der Waals surface area contributed by atoms with Crippen LogP contribution in [0.25, 0.3) is 0 Å². The molecule has 2 rings (SSSR count). The number of rotatable bonds is 11. The van der Waals surface area contributed by atoms with Crippen LogP contribution in [-0.4, -0.2) is 17.1 Å². The number of benzene rings is 2. The summed E-state index contributed by atoms with van der Waals surface area (Å²) < 4.78 is 25.1. The van der Waals surface area contributed by atoms with Crippen LogP contribution in [0.2, 0.25) is 0 Å². The third kappa shape index (κ3) is 6.19. The van der Waals surface area contributed by atoms with E-state index in [0.29, 0.717) is 17.9 Å². The number of hydrogen-bond donors (Lipinski definition) is 0. The standard InChI is InChI=1S/C19H24NO5P/c1-2-3-6-15-19(16-20(21)22)26(23,24-17-11-7-4-8-12-17)25-18-13-9-5-10-14-18/h4-5,7-14,19H,2-3,6,15-16H2,1H3/t19-/m0/s1. The summed E-state index contributed by atoms with van der Waals surface area (Å²) in [7, 11) is -3.81. The van der Waals surface area contributed by atoms with Crippen molar-refractivity contribution in [3.05, 3.63) is 70.8 Å². The number of unbranched alkanes of at least 4 members (excludes halogenated alkanes) is 2. The van der Waals surface area contributed by atoms with E-state index in [2.05, 4.69) is 0 Å². The Morgan fingerprint density at radius 3 is 1.88 bits per heavy atom. The van der Waals surface area contributed by atoms with Gasteiger partial charge in [0, 0.05) is 4.92 Å². The molecule has 2 aromatic carbocycles. The molecule has 0 radical (unpaired) electrons. The summed E-state index contributed by atoms with van der Waals surface area (Å²) in [6.45, 7) is 1.59. The molecule has 0 unspecified atom stereocenters. The van der Waals surface area contributed by atoms with Crippen LogP contribution >= 0.6 is 7.60 Å². The van der Waals surface area contributed by atoms with E-state index in [4.69, 9.17) is 9.05 Å². The van der Waals surface area contributed by atoms with Crippen LogP contribution in [0.5, 0.6) is 11.5 Å². The maximum atomic E-state index is 13.6. The molecule has 140 valence electrons. The first kappa shape index (κ1) is 20.0. The fourth-order valence-electron chi connectivity index (χ4n) is 2.58. The second kappa shape index (κ2) is 9.97. The fourth-order valence-corrected chi connectivity index (χ4v) is 4.57. The van der Waals surface area contributed by atoms with Gasteiger partial charge >= 0.3 is 7.60 Å². The van der Waals surface area contributed by atoms with Gasteiger partial charge in [0.05, 0.1) is 0 Å². The third-order valence-corrected chi connectivity index (χ3v) is 6.15. The van der Waals surface area contributed by atoms with Gasteiger partial charge in [-0.3, -0.25) is 10.1 Å². The van der Waals surface area contributed by atoms with Crippen molar-refractivity contribution in [2.45, 2.75) is 38.3 Å². The van der Waals surface area contributed by atoms with Crippen molar-refractivity contribution in [3.8, 4) is 11.5 Å². The van der Waals surface area contributed by atoms with E-state index in [9.17, 15) is 14.7 Å². The quantitative estimate of drug-likeness (QED) is 0.222. The minimum atomic E-state index is -3.81. The van der Waals surface area contributed by atoms with E-state index >= 15 is 0 Å². The molecule has 0 N–H and O–H groups in total. The fraction of sp³-hybridized carbons (Fsp3) is 0.368. The first-order valence-corrected chi connectivity index (χ1v) is 10.4. The molecule has 0 saturated heterocycles. The van der Waals surface area contributed by atoms with Crippen molar-refractivity contribution in [1.29, 1.82) is 0 Å². The zero-order chi connectivity index (χ0) is 18.8. The van der Waals surface area contributed by atoms with Crippen molar-refractivity contribution >= 4 is 7.60 Å². The average molecular weight is 377 g/mol. The van der Waals surface area contributed by atoms with Crippen LogP contribution in [0.1, 0.15) is 32.6 Å². The van der Waals surface area contributed by atoms with E-state index in [1.165, 1.54) is 0 Å². The molecule has 0 fully saturated rings. The van der Waals surface area contributed by atoms with Crippen LogP contribution in [0.3, 0.4) is 0 Å². The Balaban J connectivity index is 2.31. The molecule has 0 aliphatic carbocycles. The Kier molecular flexibility index (Phi) is 7.67. The van der Waals surface area contributed by atoms with Gasteiger partial charge in [-0.25, -0.2) is 4.57 Å². The van der Waals surface area contributed by atoms with Crippen LogP contribution < -0.4 is 9.05 Å². The minimum Gasteiger partial charge on any atom is -0.416 e. The van der Waals surface area contributed by atoms with Crippen LogP contribution in [-0.2, 0) is 4.57 Å². The molecule has 0 saturated carbocycles. The molecule has 0 aliphatic rings. The summed E-state index contributed by atoms with van der Waals surface area (Å²) in [5, 5.41) is 11.2. The van der Waals surface area contributed by atoms with Gasteiger partial charge in [-0.1, -0.05) is 62.6 Å². The van der Waals surface area contributed by atoms with Crippen LogP contribution in [0.15, 0.2) is 60.7 Å². The molecule has 0 spiro atoms. The molecule has 6 nitrogen and oxygen atoms in total. The van der Waals surface area contributed by atoms with Gasteiger partial charge < -0.3 is 9.05 Å². The lowest BCUT2D eigenvalue weighted by Crippen LogP contribution is -2.25. The van der Waals surface area contributed by atoms with Gasteiger partial charge in [0.2, 0.25) is 6.54 Å². The maximum Gasteiger partial charge on any atom is 0.440 e. The predicted molar refractivity (Wildman–Crippen MR) is 102 cm³/mol. The highest BCUT2D eigenvalue weighted by Gasteiger charge is 2.42. The van der Waals surface area contributed by atoms with Crippen molar-refractivity contribution in [1.82, 2.24) is 0 Å². The lowest BCUT2D eigenvalue weighted by atomic mass is 10.1. The summed E-state index contributed by atoms with van der Waals surface area (Å²) >= 11 is 0. The molecule has 0 aromatic heterocycles. The van der Waals surface area contributed by atoms with Crippen molar-refractivity contribution in [3.63, 3.8) is 0 Å². The zero-order valence-electron chi connectivity index (χ0n) is 14.8. The monoisotopic (exact) mass is 377 g/mol. The minimum absolute atomic E-state index is 0.371. The predicted octanol–water partition coefficient (Wildman–Crippen LogP) is 5.56. The molecule has 2 aromatic rings. The van der Waals surface area contributed by atoms with E-state index in [-0.39, 0.29) is 0 Å². The molecular formula is C19H24NO5P. The highest BCUT2D eigenvalue weighted by Crippen LogP contribution is 2.54. The van der Waals surface area contributed by atoms with Crippen molar-refractivity contribution in [2.24, 2.45) is 0 Å². The van der Waals surface area contributed by atoms with Gasteiger partial charge in [-0.2, -0.15) is 0 Å². The Morgan fingerprint density at radius 1 is 0.962 bits per heavy atom. The number of hydrogen-bond acceptors (Lipinski definition) is 5. The second-order valence-electron chi connectivity index (χ2n) is 6.01. The Labute approximate surface area is 153 Å². The summed E-state index contributed by atoms with van der Waals surface area (Å²) in [6.07, 6.45) is 3.01. The summed E-state index contributed by atoms with van der Waals surface area (Å²) in [4.78, 5) is 10.7. The largest absolute Gasteiger partial charge is 0.440 e. The highest BCUT2D eigenvalue weighted by atomic mass is 31.2. The maximum absolute atomic E-state index is 13.6. The smallest absolute Gasteiger partial charge is 0.416 e. The van der Waals surface area contributed by atoms with E-state index in [1.807, 2.05) is 19.1 Å². The number of nitrogens with zero attached hydrogens (tertiary/aromatic N) is 1. The summed E-state index contributed by atoms with van der Waals surface area (Å²) in [5.41, 5.74) is -0.815. The van der Waals surface area contributed by atoms with Gasteiger partial charge in [0.25, 0.3) is 0 Å². The van der Waals surface area contributed by atoms with E-state index in [1.54, 1.807) is 48.5 Å². The molecule has 0 aliphatic heterocycles. The second-order valence-corrected chi connectivity index (χ2v) is 8.19. The normalized spacial score (nSPS) is 12.3. The lowest BCUT2D eigenvalue weighted by molar-refractivity contribution is -0.479. The molecular weight excluding hydrogens is 353 g/mol. The van der Waals surface area contributed by atoms with Crippen molar-refractivity contribution < 1.29 is 18.5 Å². The molecule has 7 heteroatoms. The van der Waals surface area contributed by atoms with Gasteiger partial charge in [-0.05, 0) is 30.7 Å². The number of nitro groups is 1. The highest BCUT2D eigenvalue weighted by molar-refractivity contribution is 7.55. The Bertz CT molecular complexity index is 678. The molecule has 1 atom stereocenters. The van der Waals surface area contributed by atoms with Crippen LogP contribution in [0.4, 0.5) is 0 Å². The first-order chi connectivity index (χ1) is 12.5. The zero-order valence-corrected chi connectivity index (χ0v) is 15.7. The first-order valence-electron chi connectivity index (χ1n) is 8.74. The van der Waals surface area contributed by atoms with E-state index < -0.39 is 24.7 Å². The SMILES string of the molecule is CCCCC[C@@H](C[N+](=O)[O-])P(=O)(Oc1ccccc1)Oc1ccccc1. The lowest BCUT2D eigenvalue weighted by Gasteiger charge is -2.25. The summed E-state index contributed by atoms with van der Waals surface area (Å²) in [5.74, 6) is 0.742. The number of para-hydroxylation sites is 2. The van der Waals surface area contributed by atoms with Gasteiger partial charge in [0.1, 0.15) is 17.2 Å². The topological polar surface area (TPSA) is 78.7 Å². The molecule has 0 bridgehead atoms. The van der Waals surface area contributed by atoms with Crippen LogP contribution in [0, 0.1) is 10.1 Å². The molecule has 26 heavy (non-hydrogen) atoms. The van der Waals surface area contributed by atoms with E-state index in [0.717, 1.165) is 19.3 Å². The third-order valence-electron chi connectivity index (χ3n) is 3.90. The Hall–Kier alpha value is -2.33. The molecule has 0 amide bonds. The average Bonchev–Trinajstić information content (AvgIpc) is 2.62. The summed E-state index contributed by atoms with van der Waals surface area (Å²) in [6, 6.07) is 17.3.